The van der Waals surface area contributed by atoms with Crippen LogP contribution < -0.4 is 5.32 Å². The fourth-order valence-corrected chi connectivity index (χ4v) is 4.20. The molecule has 0 bridgehead atoms. The first-order valence-electron chi connectivity index (χ1n) is 8.44. The molecule has 0 spiro atoms. The molecule has 3 aromatic heterocycles. The van der Waals surface area contributed by atoms with Gasteiger partial charge in [-0.3, -0.25) is 4.40 Å². The number of imidazole rings is 1. The van der Waals surface area contributed by atoms with Crippen molar-refractivity contribution >= 4 is 22.8 Å². The standard InChI is InChI=1S/C20H27N3S/c1-14-7-9-23-16(11-14)21-17(15-8-10-24-12-15)18(23)22-20(5,6)13-19(2,3)4/h7-12,22H,13H2,1-6H3. The maximum atomic E-state index is 4.90. The van der Waals surface area contributed by atoms with E-state index in [-0.39, 0.29) is 11.0 Å². The average Bonchev–Trinajstić information content (AvgIpc) is 3.03. The van der Waals surface area contributed by atoms with E-state index in [1.54, 1.807) is 11.3 Å². The van der Waals surface area contributed by atoms with Crippen molar-refractivity contribution in [1.82, 2.24) is 9.38 Å². The highest BCUT2D eigenvalue weighted by Crippen LogP contribution is 2.35. The minimum absolute atomic E-state index is 0.0239. The third-order valence-corrected chi connectivity index (χ3v) is 4.69. The number of thiophene rings is 1. The lowest BCUT2D eigenvalue weighted by atomic mass is 9.82. The van der Waals surface area contributed by atoms with E-state index in [1.165, 1.54) is 11.1 Å². The summed E-state index contributed by atoms with van der Waals surface area (Å²) in [5.41, 5.74) is 4.66. The zero-order valence-electron chi connectivity index (χ0n) is 15.5. The van der Waals surface area contributed by atoms with Gasteiger partial charge < -0.3 is 5.32 Å². The molecule has 24 heavy (non-hydrogen) atoms. The molecule has 0 fully saturated rings. The highest BCUT2D eigenvalue weighted by atomic mass is 32.1. The number of rotatable bonds is 4. The summed E-state index contributed by atoms with van der Waals surface area (Å²) in [5.74, 6) is 1.08. The molecule has 3 heterocycles. The number of hydrogen-bond acceptors (Lipinski definition) is 3. The normalized spacial score (nSPS) is 12.8. The van der Waals surface area contributed by atoms with E-state index in [0.29, 0.717) is 0 Å². The van der Waals surface area contributed by atoms with E-state index in [2.05, 4.69) is 86.4 Å². The summed E-state index contributed by atoms with van der Waals surface area (Å²) in [7, 11) is 0. The van der Waals surface area contributed by atoms with Crippen LogP contribution >= 0.6 is 11.3 Å². The molecule has 0 amide bonds. The molecule has 0 radical (unpaired) electrons. The molecule has 1 N–H and O–H groups in total. The van der Waals surface area contributed by atoms with Crippen LogP contribution in [0.2, 0.25) is 0 Å². The first kappa shape index (κ1) is 17.0. The van der Waals surface area contributed by atoms with E-state index in [1.807, 2.05) is 0 Å². The molecule has 0 saturated carbocycles. The van der Waals surface area contributed by atoms with Gasteiger partial charge in [-0.2, -0.15) is 11.3 Å². The highest BCUT2D eigenvalue weighted by molar-refractivity contribution is 7.08. The second kappa shape index (κ2) is 5.92. The topological polar surface area (TPSA) is 29.3 Å². The lowest BCUT2D eigenvalue weighted by molar-refractivity contribution is 0.302. The van der Waals surface area contributed by atoms with Crippen molar-refractivity contribution in [3.05, 3.63) is 40.7 Å². The number of aryl methyl sites for hydroxylation is 1. The smallest absolute Gasteiger partial charge is 0.139 e. The van der Waals surface area contributed by atoms with Gasteiger partial charge in [0.1, 0.15) is 17.2 Å². The number of nitrogens with one attached hydrogen (secondary N) is 1. The van der Waals surface area contributed by atoms with Gasteiger partial charge >= 0.3 is 0 Å². The number of anilines is 1. The van der Waals surface area contributed by atoms with Crippen molar-refractivity contribution in [1.29, 1.82) is 0 Å². The Kier molecular flexibility index (Phi) is 4.20. The van der Waals surface area contributed by atoms with Gasteiger partial charge in [-0.25, -0.2) is 4.98 Å². The molecule has 3 aromatic rings. The quantitative estimate of drug-likeness (QED) is 0.631. The van der Waals surface area contributed by atoms with Crippen molar-refractivity contribution in [2.75, 3.05) is 5.32 Å². The lowest BCUT2D eigenvalue weighted by Gasteiger charge is -2.34. The maximum Gasteiger partial charge on any atom is 0.139 e. The predicted molar refractivity (Wildman–Crippen MR) is 105 cm³/mol. The third-order valence-electron chi connectivity index (χ3n) is 4.01. The lowest BCUT2D eigenvalue weighted by Crippen LogP contribution is -2.36. The van der Waals surface area contributed by atoms with Crippen LogP contribution in [-0.4, -0.2) is 14.9 Å². The van der Waals surface area contributed by atoms with Gasteiger partial charge in [-0.15, -0.1) is 0 Å². The SMILES string of the molecule is Cc1ccn2c(NC(C)(C)CC(C)(C)C)c(-c3ccsc3)nc2c1. The molecule has 3 nitrogen and oxygen atoms in total. The van der Waals surface area contributed by atoms with E-state index in [9.17, 15) is 0 Å². The average molecular weight is 342 g/mol. The largest absolute Gasteiger partial charge is 0.364 e. The molecule has 0 aliphatic heterocycles. The molecule has 0 aliphatic rings. The van der Waals surface area contributed by atoms with Gasteiger partial charge in [-0.05, 0) is 61.7 Å². The monoisotopic (exact) mass is 341 g/mol. The highest BCUT2D eigenvalue weighted by Gasteiger charge is 2.28. The van der Waals surface area contributed by atoms with Crippen molar-refractivity contribution in [2.24, 2.45) is 5.41 Å². The molecule has 0 aliphatic carbocycles. The van der Waals surface area contributed by atoms with Crippen LogP contribution in [0.25, 0.3) is 16.9 Å². The second-order valence-electron chi connectivity index (χ2n) is 8.50. The van der Waals surface area contributed by atoms with Crippen molar-refractivity contribution in [3.63, 3.8) is 0 Å². The molecule has 0 aromatic carbocycles. The molecule has 0 unspecified atom stereocenters. The molecule has 0 atom stereocenters. The summed E-state index contributed by atoms with van der Waals surface area (Å²) in [5, 5.41) is 8.05. The van der Waals surface area contributed by atoms with Crippen LogP contribution in [0, 0.1) is 12.3 Å². The van der Waals surface area contributed by atoms with Crippen molar-refractivity contribution < 1.29 is 0 Å². The Hall–Kier alpha value is -1.81. The Morgan fingerprint density at radius 3 is 2.54 bits per heavy atom. The van der Waals surface area contributed by atoms with Crippen LogP contribution in [0.4, 0.5) is 5.82 Å². The zero-order chi connectivity index (χ0) is 17.5. The Morgan fingerprint density at radius 2 is 1.92 bits per heavy atom. The van der Waals surface area contributed by atoms with Crippen LogP contribution in [-0.2, 0) is 0 Å². The molecule has 4 heteroatoms. The molecular formula is C20H27N3S. The van der Waals surface area contributed by atoms with Gasteiger partial charge in [0.25, 0.3) is 0 Å². The predicted octanol–water partition coefficient (Wildman–Crippen LogP) is 6.00. The number of aromatic nitrogens is 2. The number of hydrogen-bond donors (Lipinski definition) is 1. The second-order valence-corrected chi connectivity index (χ2v) is 9.28. The molecule has 128 valence electrons. The zero-order valence-corrected chi connectivity index (χ0v) is 16.3. The fraction of sp³-hybridized carbons (Fsp3) is 0.450. The first-order valence-corrected chi connectivity index (χ1v) is 9.38. The summed E-state index contributed by atoms with van der Waals surface area (Å²) in [4.78, 5) is 4.90. The first-order chi connectivity index (χ1) is 11.1. The molecule has 0 saturated heterocycles. The minimum Gasteiger partial charge on any atom is -0.364 e. The van der Waals surface area contributed by atoms with Crippen LogP contribution in [0.15, 0.2) is 35.2 Å². The Balaban J connectivity index is 2.10. The van der Waals surface area contributed by atoms with Crippen LogP contribution in [0.5, 0.6) is 0 Å². The van der Waals surface area contributed by atoms with Crippen molar-refractivity contribution in [2.45, 2.75) is 53.5 Å². The number of pyridine rings is 1. The van der Waals surface area contributed by atoms with Gasteiger partial charge in [0.05, 0.1) is 0 Å². The number of nitrogens with zero attached hydrogens (tertiary/aromatic N) is 2. The van der Waals surface area contributed by atoms with Crippen LogP contribution in [0.3, 0.4) is 0 Å². The summed E-state index contributed by atoms with van der Waals surface area (Å²) < 4.78 is 2.17. The van der Waals surface area contributed by atoms with E-state index in [0.717, 1.165) is 23.6 Å². The van der Waals surface area contributed by atoms with E-state index >= 15 is 0 Å². The summed E-state index contributed by atoms with van der Waals surface area (Å²) in [6, 6.07) is 6.41. The summed E-state index contributed by atoms with van der Waals surface area (Å²) in [6.07, 6.45) is 3.19. The van der Waals surface area contributed by atoms with E-state index in [4.69, 9.17) is 4.98 Å². The Morgan fingerprint density at radius 1 is 1.17 bits per heavy atom. The summed E-state index contributed by atoms with van der Waals surface area (Å²) >= 11 is 1.71. The van der Waals surface area contributed by atoms with Gasteiger partial charge in [0.2, 0.25) is 0 Å². The Bertz CT molecular complexity index is 836. The Labute approximate surface area is 148 Å². The van der Waals surface area contributed by atoms with Crippen LogP contribution in [0.1, 0.15) is 46.6 Å². The maximum absolute atomic E-state index is 4.90. The number of fused-ring (bicyclic) bond motifs is 1. The van der Waals surface area contributed by atoms with E-state index < -0.39 is 0 Å². The van der Waals surface area contributed by atoms with Crippen molar-refractivity contribution in [3.8, 4) is 11.3 Å². The minimum atomic E-state index is -0.0239. The van der Waals surface area contributed by atoms with Gasteiger partial charge in [0.15, 0.2) is 0 Å². The third kappa shape index (κ3) is 3.64. The summed E-state index contributed by atoms with van der Waals surface area (Å²) in [6.45, 7) is 13.5. The van der Waals surface area contributed by atoms with Gasteiger partial charge in [0, 0.05) is 22.7 Å². The molecular weight excluding hydrogens is 314 g/mol. The fourth-order valence-electron chi connectivity index (χ4n) is 3.56. The van der Waals surface area contributed by atoms with Gasteiger partial charge in [-0.1, -0.05) is 20.8 Å². The molecule has 3 rings (SSSR count).